The number of ether oxygens (including phenoxy) is 4. The highest BCUT2D eigenvalue weighted by Crippen LogP contribution is 2.40. The van der Waals surface area contributed by atoms with E-state index in [0.29, 0.717) is 29.2 Å². The van der Waals surface area contributed by atoms with E-state index in [4.69, 9.17) is 14.2 Å². The van der Waals surface area contributed by atoms with Crippen molar-refractivity contribution in [2.75, 3.05) is 28.4 Å². The van der Waals surface area contributed by atoms with E-state index in [1.54, 1.807) is 12.1 Å². The van der Waals surface area contributed by atoms with Crippen LogP contribution in [-0.2, 0) is 9.53 Å². The molecule has 116 valence electrons. The first-order valence-corrected chi connectivity index (χ1v) is 6.48. The lowest BCUT2D eigenvalue weighted by molar-refractivity contribution is -0.140. The van der Waals surface area contributed by atoms with Crippen molar-refractivity contribution in [3.63, 3.8) is 0 Å². The zero-order chi connectivity index (χ0) is 15.8. The number of rotatable bonds is 8. The number of Topliss-reactive ketones (excluding diaryl/α,β-unsaturated/α-hetero) is 1. The molecule has 0 fully saturated rings. The first-order valence-electron chi connectivity index (χ1n) is 6.48. The van der Waals surface area contributed by atoms with Crippen LogP contribution in [-0.4, -0.2) is 40.2 Å². The second-order valence-electron chi connectivity index (χ2n) is 4.23. The van der Waals surface area contributed by atoms with Crippen LogP contribution in [0.3, 0.4) is 0 Å². The lowest BCUT2D eigenvalue weighted by Crippen LogP contribution is -2.06. The molecule has 6 heteroatoms. The summed E-state index contributed by atoms with van der Waals surface area (Å²) in [4.78, 5) is 23.3. The van der Waals surface area contributed by atoms with Crippen LogP contribution in [0.15, 0.2) is 12.1 Å². The minimum Gasteiger partial charge on any atom is -0.493 e. The molecule has 6 nitrogen and oxygen atoms in total. The third kappa shape index (κ3) is 4.11. The number of ketones is 1. The van der Waals surface area contributed by atoms with Crippen LogP contribution in [0.2, 0.25) is 0 Å². The minimum atomic E-state index is -0.331. The van der Waals surface area contributed by atoms with Crippen LogP contribution in [0, 0.1) is 0 Å². The highest BCUT2D eigenvalue weighted by Gasteiger charge is 2.20. The average Bonchev–Trinajstić information content (AvgIpc) is 2.52. The third-order valence-electron chi connectivity index (χ3n) is 3.02. The van der Waals surface area contributed by atoms with Crippen LogP contribution >= 0.6 is 0 Å². The van der Waals surface area contributed by atoms with Gasteiger partial charge in [-0.3, -0.25) is 9.59 Å². The van der Waals surface area contributed by atoms with Crippen molar-refractivity contribution in [3.8, 4) is 17.2 Å². The molecule has 0 saturated heterocycles. The summed E-state index contributed by atoms with van der Waals surface area (Å²) in [7, 11) is 5.77. The number of carbonyl (C=O) groups excluding carboxylic acids is 2. The summed E-state index contributed by atoms with van der Waals surface area (Å²) in [5.41, 5.74) is 0.403. The Labute approximate surface area is 123 Å². The fourth-order valence-electron chi connectivity index (χ4n) is 1.95. The third-order valence-corrected chi connectivity index (χ3v) is 3.02. The van der Waals surface area contributed by atoms with E-state index in [2.05, 4.69) is 4.74 Å². The van der Waals surface area contributed by atoms with Gasteiger partial charge in [-0.25, -0.2) is 0 Å². The van der Waals surface area contributed by atoms with Gasteiger partial charge in [-0.05, 0) is 18.6 Å². The summed E-state index contributed by atoms with van der Waals surface area (Å²) in [5.74, 6) is 0.734. The van der Waals surface area contributed by atoms with E-state index in [0.717, 1.165) is 0 Å². The topological polar surface area (TPSA) is 71.1 Å². The molecule has 0 spiro atoms. The van der Waals surface area contributed by atoms with Crippen molar-refractivity contribution in [2.24, 2.45) is 0 Å². The minimum absolute atomic E-state index is 0.128. The highest BCUT2D eigenvalue weighted by atomic mass is 16.5. The van der Waals surface area contributed by atoms with Gasteiger partial charge in [0, 0.05) is 12.8 Å². The number of carbonyl (C=O) groups is 2. The maximum absolute atomic E-state index is 12.2. The van der Waals surface area contributed by atoms with Gasteiger partial charge < -0.3 is 18.9 Å². The Morgan fingerprint density at radius 3 is 2.10 bits per heavy atom. The van der Waals surface area contributed by atoms with Crippen LogP contribution in [0.4, 0.5) is 0 Å². The summed E-state index contributed by atoms with van der Waals surface area (Å²) in [5, 5.41) is 0. The van der Waals surface area contributed by atoms with Gasteiger partial charge in [0.05, 0.1) is 34.0 Å². The van der Waals surface area contributed by atoms with Gasteiger partial charge in [0.15, 0.2) is 17.3 Å². The van der Waals surface area contributed by atoms with Crippen LogP contribution < -0.4 is 14.2 Å². The van der Waals surface area contributed by atoms with Crippen LogP contribution in [0.25, 0.3) is 0 Å². The fourth-order valence-corrected chi connectivity index (χ4v) is 1.95. The molecule has 0 N–H and O–H groups in total. The van der Waals surface area contributed by atoms with Crippen molar-refractivity contribution >= 4 is 11.8 Å². The first kappa shape index (κ1) is 16.8. The van der Waals surface area contributed by atoms with Crippen LogP contribution in [0.1, 0.15) is 29.6 Å². The van der Waals surface area contributed by atoms with Gasteiger partial charge in [0.1, 0.15) is 0 Å². The lowest BCUT2D eigenvalue weighted by Gasteiger charge is -2.15. The largest absolute Gasteiger partial charge is 0.493 e. The van der Waals surface area contributed by atoms with Gasteiger partial charge in [0.25, 0.3) is 0 Å². The molecule has 0 radical (unpaired) electrons. The number of methoxy groups -OCH3 is 4. The molecule has 21 heavy (non-hydrogen) atoms. The molecule has 0 saturated carbocycles. The highest BCUT2D eigenvalue weighted by molar-refractivity contribution is 6.00. The molecule has 0 bridgehead atoms. The zero-order valence-electron chi connectivity index (χ0n) is 12.7. The maximum atomic E-state index is 12.2. The molecule has 1 aromatic rings. The molecule has 0 atom stereocenters. The molecule has 0 amide bonds. The van der Waals surface area contributed by atoms with Gasteiger partial charge >= 0.3 is 5.97 Å². The Bertz CT molecular complexity index is 509. The predicted molar refractivity (Wildman–Crippen MR) is 76.3 cm³/mol. The second-order valence-corrected chi connectivity index (χ2v) is 4.23. The predicted octanol–water partition coefficient (Wildman–Crippen LogP) is 2.24. The second kappa shape index (κ2) is 8.14. The van der Waals surface area contributed by atoms with Crippen molar-refractivity contribution in [3.05, 3.63) is 17.7 Å². The van der Waals surface area contributed by atoms with E-state index in [-0.39, 0.29) is 24.6 Å². The molecular formula is C15H20O6. The van der Waals surface area contributed by atoms with Gasteiger partial charge in [-0.1, -0.05) is 0 Å². The molecule has 0 unspecified atom stereocenters. The summed E-state index contributed by atoms with van der Waals surface area (Å²) < 4.78 is 20.2. The van der Waals surface area contributed by atoms with Crippen molar-refractivity contribution in [2.45, 2.75) is 19.3 Å². The molecule has 1 aromatic carbocycles. The molecule has 1 rings (SSSR count). The van der Waals surface area contributed by atoms with Gasteiger partial charge in [0.2, 0.25) is 5.75 Å². The number of hydrogen-bond donors (Lipinski definition) is 0. The number of benzene rings is 1. The lowest BCUT2D eigenvalue weighted by atomic mass is 10.0. The normalized spacial score (nSPS) is 9.90. The Morgan fingerprint density at radius 1 is 0.905 bits per heavy atom. The monoisotopic (exact) mass is 296 g/mol. The molecule has 0 aliphatic heterocycles. The summed E-state index contributed by atoms with van der Waals surface area (Å²) in [6.45, 7) is 0. The van der Waals surface area contributed by atoms with E-state index >= 15 is 0 Å². The summed E-state index contributed by atoms with van der Waals surface area (Å²) in [6, 6.07) is 3.27. The Hall–Kier alpha value is -2.24. The van der Waals surface area contributed by atoms with Crippen LogP contribution in [0.5, 0.6) is 17.2 Å². The van der Waals surface area contributed by atoms with Gasteiger partial charge in [-0.2, -0.15) is 0 Å². The Morgan fingerprint density at radius 2 is 1.57 bits per heavy atom. The molecule has 0 aliphatic rings. The number of esters is 1. The summed E-state index contributed by atoms with van der Waals surface area (Å²) in [6.07, 6.45) is 0.849. The molecule has 0 heterocycles. The quantitative estimate of drug-likeness (QED) is 0.541. The van der Waals surface area contributed by atoms with Crippen molar-refractivity contribution < 1.29 is 28.5 Å². The Kier molecular flexibility index (Phi) is 6.52. The summed E-state index contributed by atoms with van der Waals surface area (Å²) >= 11 is 0. The average molecular weight is 296 g/mol. The zero-order valence-corrected chi connectivity index (χ0v) is 12.7. The van der Waals surface area contributed by atoms with E-state index in [1.807, 2.05) is 0 Å². The SMILES string of the molecule is COC(=O)CCCC(=O)c1ccc(OC)c(OC)c1OC. The smallest absolute Gasteiger partial charge is 0.305 e. The maximum Gasteiger partial charge on any atom is 0.305 e. The van der Waals surface area contributed by atoms with E-state index < -0.39 is 0 Å². The number of hydrogen-bond acceptors (Lipinski definition) is 6. The molecular weight excluding hydrogens is 276 g/mol. The molecule has 0 aliphatic carbocycles. The van der Waals surface area contributed by atoms with E-state index in [1.165, 1.54) is 28.4 Å². The fraction of sp³-hybridized carbons (Fsp3) is 0.467. The Balaban J connectivity index is 2.91. The molecule has 0 aromatic heterocycles. The first-order chi connectivity index (χ1) is 10.1. The van der Waals surface area contributed by atoms with Crippen molar-refractivity contribution in [1.29, 1.82) is 0 Å². The van der Waals surface area contributed by atoms with E-state index in [9.17, 15) is 9.59 Å². The standard InChI is InChI=1S/C15H20O6/c1-18-12-9-8-10(14(20-3)15(12)21-4)11(16)6-5-7-13(17)19-2/h8-9H,5-7H2,1-4H3. The van der Waals surface area contributed by atoms with Crippen molar-refractivity contribution in [1.82, 2.24) is 0 Å². The van der Waals surface area contributed by atoms with Gasteiger partial charge in [-0.15, -0.1) is 0 Å².